The highest BCUT2D eigenvalue weighted by Crippen LogP contribution is 2.33. The van der Waals surface area contributed by atoms with Crippen LogP contribution in [0.5, 0.6) is 0 Å². The van der Waals surface area contributed by atoms with E-state index in [1.54, 1.807) is 13.8 Å². The minimum atomic E-state index is -1.23. The molecule has 3 N–H and O–H groups in total. The van der Waals surface area contributed by atoms with Gasteiger partial charge in [-0.05, 0) is 18.2 Å². The van der Waals surface area contributed by atoms with Crippen LogP contribution in [0.4, 0.5) is 11.4 Å². The molecule has 1 aromatic carbocycles. The first-order chi connectivity index (χ1) is 8.84. The molecule has 2 amide bonds. The van der Waals surface area contributed by atoms with Gasteiger partial charge >= 0.3 is 5.97 Å². The molecule has 0 bridgehead atoms. The van der Waals surface area contributed by atoms with E-state index in [2.05, 4.69) is 0 Å². The number of carbonyl (C=O) groups is 3. The zero-order valence-electron chi connectivity index (χ0n) is 10.6. The summed E-state index contributed by atoms with van der Waals surface area (Å²) in [6.45, 7) is 3.31. The monoisotopic (exact) mass is 262 g/mol. The number of aromatic carboxylic acids is 1. The standard InChI is InChI=1S/C13H14N2O4/c1-6-7(2)12(17)15(11(6)16)10-4-3-8(14)5-9(10)13(18)19/h3-7H,14H2,1-2H3,(H,18,19). The van der Waals surface area contributed by atoms with Crippen molar-refractivity contribution in [3.8, 4) is 0 Å². The normalized spacial score (nSPS) is 22.9. The first-order valence-corrected chi connectivity index (χ1v) is 5.85. The van der Waals surface area contributed by atoms with Crippen molar-refractivity contribution in [1.29, 1.82) is 0 Å². The van der Waals surface area contributed by atoms with Gasteiger partial charge in [-0.1, -0.05) is 13.8 Å². The van der Waals surface area contributed by atoms with Crippen LogP contribution < -0.4 is 10.6 Å². The third kappa shape index (κ3) is 1.95. The average molecular weight is 262 g/mol. The van der Waals surface area contributed by atoms with E-state index in [1.807, 2.05) is 0 Å². The third-order valence-corrected chi connectivity index (χ3v) is 3.46. The van der Waals surface area contributed by atoms with E-state index in [4.69, 9.17) is 10.8 Å². The lowest BCUT2D eigenvalue weighted by molar-refractivity contribution is -0.122. The number of carbonyl (C=O) groups excluding carboxylic acids is 2. The molecule has 2 rings (SSSR count). The molecule has 0 aliphatic carbocycles. The van der Waals surface area contributed by atoms with E-state index in [0.717, 1.165) is 4.90 Å². The highest BCUT2D eigenvalue weighted by molar-refractivity contribution is 6.23. The number of rotatable bonds is 2. The van der Waals surface area contributed by atoms with Gasteiger partial charge in [0.1, 0.15) is 0 Å². The molecule has 100 valence electrons. The highest BCUT2D eigenvalue weighted by Gasteiger charge is 2.44. The lowest BCUT2D eigenvalue weighted by Crippen LogP contribution is -2.32. The average Bonchev–Trinajstić information content (AvgIpc) is 2.54. The topological polar surface area (TPSA) is 101 Å². The second kappa shape index (κ2) is 4.38. The second-order valence-electron chi connectivity index (χ2n) is 4.67. The van der Waals surface area contributed by atoms with E-state index in [0.29, 0.717) is 0 Å². The summed E-state index contributed by atoms with van der Waals surface area (Å²) in [5.41, 5.74) is 5.73. The van der Waals surface area contributed by atoms with Crippen LogP contribution in [0, 0.1) is 11.8 Å². The smallest absolute Gasteiger partial charge is 0.337 e. The summed E-state index contributed by atoms with van der Waals surface area (Å²) in [6.07, 6.45) is 0. The molecule has 0 radical (unpaired) electrons. The lowest BCUT2D eigenvalue weighted by Gasteiger charge is -2.17. The zero-order chi connectivity index (χ0) is 14.3. The van der Waals surface area contributed by atoms with Crippen molar-refractivity contribution < 1.29 is 19.5 Å². The van der Waals surface area contributed by atoms with Crippen LogP contribution in [0.15, 0.2) is 18.2 Å². The Balaban J connectivity index is 2.57. The number of anilines is 2. The van der Waals surface area contributed by atoms with Gasteiger partial charge in [-0.2, -0.15) is 0 Å². The highest BCUT2D eigenvalue weighted by atomic mass is 16.4. The van der Waals surface area contributed by atoms with Crippen LogP contribution in [0.1, 0.15) is 24.2 Å². The Labute approximate surface area is 109 Å². The van der Waals surface area contributed by atoms with E-state index in [-0.39, 0.29) is 28.8 Å². The number of imide groups is 1. The number of hydrogen-bond acceptors (Lipinski definition) is 4. The molecule has 1 aliphatic rings. The van der Waals surface area contributed by atoms with E-state index in [9.17, 15) is 14.4 Å². The molecule has 6 nitrogen and oxygen atoms in total. The maximum absolute atomic E-state index is 12.1. The van der Waals surface area contributed by atoms with Crippen LogP contribution in [-0.2, 0) is 9.59 Å². The molecule has 6 heteroatoms. The van der Waals surface area contributed by atoms with Crippen molar-refractivity contribution in [1.82, 2.24) is 0 Å². The Hall–Kier alpha value is -2.37. The fourth-order valence-electron chi connectivity index (χ4n) is 2.10. The lowest BCUT2D eigenvalue weighted by atomic mass is 10.00. The Morgan fingerprint density at radius 2 is 1.74 bits per heavy atom. The SMILES string of the molecule is CC1C(=O)N(c2ccc(N)cc2C(=O)O)C(=O)C1C. The summed E-state index contributed by atoms with van der Waals surface area (Å²) in [6, 6.07) is 4.10. The number of hydrogen-bond donors (Lipinski definition) is 2. The van der Waals surface area contributed by atoms with Gasteiger partial charge in [-0.25, -0.2) is 9.69 Å². The van der Waals surface area contributed by atoms with Crippen LogP contribution in [-0.4, -0.2) is 22.9 Å². The predicted molar refractivity (Wildman–Crippen MR) is 68.6 cm³/mol. The predicted octanol–water partition coefficient (Wildman–Crippen LogP) is 1.11. The summed E-state index contributed by atoms with van der Waals surface area (Å²) >= 11 is 0. The number of benzene rings is 1. The fraction of sp³-hybridized carbons (Fsp3) is 0.308. The molecular weight excluding hydrogens is 248 g/mol. The summed E-state index contributed by atoms with van der Waals surface area (Å²) in [5.74, 6) is -2.90. The second-order valence-corrected chi connectivity index (χ2v) is 4.67. The van der Waals surface area contributed by atoms with E-state index >= 15 is 0 Å². The Morgan fingerprint density at radius 3 is 2.21 bits per heavy atom. The molecule has 1 aromatic rings. The third-order valence-electron chi connectivity index (χ3n) is 3.46. The van der Waals surface area contributed by atoms with Gasteiger partial charge in [0.05, 0.1) is 11.3 Å². The molecule has 1 fully saturated rings. The number of nitrogens with two attached hydrogens (primary N) is 1. The van der Waals surface area contributed by atoms with Gasteiger partial charge in [0, 0.05) is 17.5 Å². The molecule has 2 atom stereocenters. The minimum Gasteiger partial charge on any atom is -0.478 e. The number of nitrogens with zero attached hydrogens (tertiary/aromatic N) is 1. The molecule has 0 spiro atoms. The molecule has 1 heterocycles. The minimum absolute atomic E-state index is 0.0768. The number of nitrogen functional groups attached to an aromatic ring is 1. The molecule has 1 aliphatic heterocycles. The quantitative estimate of drug-likeness (QED) is 0.614. The van der Waals surface area contributed by atoms with Gasteiger partial charge in [-0.3, -0.25) is 9.59 Å². The summed E-state index contributed by atoms with van der Waals surface area (Å²) < 4.78 is 0. The number of amides is 2. The molecule has 0 saturated carbocycles. The van der Waals surface area contributed by atoms with Crippen molar-refractivity contribution in [2.45, 2.75) is 13.8 Å². The van der Waals surface area contributed by atoms with Crippen LogP contribution in [0.25, 0.3) is 0 Å². The largest absolute Gasteiger partial charge is 0.478 e. The van der Waals surface area contributed by atoms with Crippen molar-refractivity contribution in [3.63, 3.8) is 0 Å². The first kappa shape index (κ1) is 13.1. The molecular formula is C13H14N2O4. The number of carboxylic acids is 1. The summed E-state index contributed by atoms with van der Waals surface area (Å²) in [7, 11) is 0. The first-order valence-electron chi connectivity index (χ1n) is 5.85. The Bertz CT molecular complexity index is 562. The van der Waals surface area contributed by atoms with Gasteiger partial charge < -0.3 is 10.8 Å². The van der Waals surface area contributed by atoms with Gasteiger partial charge in [-0.15, -0.1) is 0 Å². The summed E-state index contributed by atoms with van der Waals surface area (Å²) in [5, 5.41) is 9.15. The van der Waals surface area contributed by atoms with Gasteiger partial charge in [0.2, 0.25) is 11.8 Å². The fourth-order valence-corrected chi connectivity index (χ4v) is 2.10. The Morgan fingerprint density at radius 1 is 1.21 bits per heavy atom. The van der Waals surface area contributed by atoms with Crippen LogP contribution >= 0.6 is 0 Å². The van der Waals surface area contributed by atoms with Crippen molar-refractivity contribution in [2.75, 3.05) is 10.6 Å². The molecule has 19 heavy (non-hydrogen) atoms. The van der Waals surface area contributed by atoms with E-state index < -0.39 is 17.8 Å². The van der Waals surface area contributed by atoms with Crippen LogP contribution in [0.3, 0.4) is 0 Å². The molecule has 0 aromatic heterocycles. The number of carboxylic acid groups (broad SMARTS) is 1. The van der Waals surface area contributed by atoms with Crippen LogP contribution in [0.2, 0.25) is 0 Å². The zero-order valence-corrected chi connectivity index (χ0v) is 10.6. The molecule has 1 saturated heterocycles. The maximum Gasteiger partial charge on any atom is 0.337 e. The van der Waals surface area contributed by atoms with Crippen molar-refractivity contribution in [2.24, 2.45) is 11.8 Å². The van der Waals surface area contributed by atoms with Crippen molar-refractivity contribution in [3.05, 3.63) is 23.8 Å². The van der Waals surface area contributed by atoms with E-state index in [1.165, 1.54) is 18.2 Å². The molecule has 2 unspecified atom stereocenters. The maximum atomic E-state index is 12.1. The summed E-state index contributed by atoms with van der Waals surface area (Å²) in [4.78, 5) is 36.3. The van der Waals surface area contributed by atoms with Gasteiger partial charge in [0.25, 0.3) is 0 Å². The van der Waals surface area contributed by atoms with Crippen molar-refractivity contribution >= 4 is 29.2 Å². The Kier molecular flexibility index (Phi) is 3.01. The van der Waals surface area contributed by atoms with Gasteiger partial charge in [0.15, 0.2) is 0 Å².